The van der Waals surface area contributed by atoms with Gasteiger partial charge in [0.15, 0.2) is 0 Å². The zero-order valence-electron chi connectivity index (χ0n) is 25.4. The molecule has 5 rings (SSSR count). The lowest BCUT2D eigenvalue weighted by Crippen LogP contribution is -2.21. The van der Waals surface area contributed by atoms with Crippen LogP contribution in [-0.4, -0.2) is 37.0 Å². The van der Waals surface area contributed by atoms with Crippen LogP contribution < -0.4 is 14.2 Å². The molecule has 236 valence electrons. The van der Waals surface area contributed by atoms with Crippen molar-refractivity contribution in [2.45, 2.75) is 77.2 Å². The van der Waals surface area contributed by atoms with Crippen molar-refractivity contribution in [3.05, 3.63) is 75.6 Å². The van der Waals surface area contributed by atoms with Gasteiger partial charge >= 0.3 is 12.1 Å². The van der Waals surface area contributed by atoms with Crippen molar-refractivity contribution in [3.8, 4) is 28.4 Å². The van der Waals surface area contributed by atoms with Crippen LogP contribution in [0.1, 0.15) is 78.5 Å². The fraction of sp³-hybridized carbons (Fsp3) is 0.441. The molecule has 6 nitrogen and oxygen atoms in total. The third-order valence-corrected chi connectivity index (χ3v) is 8.24. The Morgan fingerprint density at radius 3 is 2.41 bits per heavy atom. The van der Waals surface area contributed by atoms with Crippen LogP contribution >= 0.6 is 0 Å². The molecule has 2 aliphatic rings. The van der Waals surface area contributed by atoms with Gasteiger partial charge < -0.3 is 24.1 Å². The van der Waals surface area contributed by atoms with Crippen molar-refractivity contribution in [1.29, 1.82) is 0 Å². The summed E-state index contributed by atoms with van der Waals surface area (Å²) in [4.78, 5) is 11.8. The van der Waals surface area contributed by atoms with Crippen LogP contribution in [0.5, 0.6) is 17.2 Å². The second-order valence-electron chi connectivity index (χ2n) is 12.2. The minimum absolute atomic E-state index is 0.0934. The molecule has 2 atom stereocenters. The lowest BCUT2D eigenvalue weighted by Gasteiger charge is -2.22. The summed E-state index contributed by atoms with van der Waals surface area (Å²) in [6.07, 6.45) is -4.68. The SMILES string of the molecule is COC(=O)C[C@@H]1COc2cc(OC3CCc4c(-c5c(C)cc(OCCC(C)(C)O)cc5C)cc(C(F)(F)F)c(F)c43)ccc21. The van der Waals surface area contributed by atoms with E-state index >= 15 is 4.39 Å². The van der Waals surface area contributed by atoms with Crippen LogP contribution in [0.4, 0.5) is 17.6 Å². The normalized spacial score (nSPS) is 17.6. The molecule has 1 aliphatic heterocycles. The molecule has 0 bridgehead atoms. The van der Waals surface area contributed by atoms with E-state index in [0.717, 1.165) is 11.6 Å². The van der Waals surface area contributed by atoms with E-state index in [1.54, 1.807) is 58.0 Å². The van der Waals surface area contributed by atoms with E-state index in [2.05, 4.69) is 0 Å². The maximum absolute atomic E-state index is 15.7. The summed E-state index contributed by atoms with van der Waals surface area (Å²) in [5.41, 5.74) is 1.24. The topological polar surface area (TPSA) is 74.2 Å². The molecule has 3 aromatic rings. The number of alkyl halides is 3. The monoisotopic (exact) mass is 616 g/mol. The van der Waals surface area contributed by atoms with E-state index in [4.69, 9.17) is 18.9 Å². The lowest BCUT2D eigenvalue weighted by molar-refractivity contribution is -0.141. The summed E-state index contributed by atoms with van der Waals surface area (Å²) in [5, 5.41) is 9.97. The van der Waals surface area contributed by atoms with Crippen LogP contribution in [0.25, 0.3) is 11.1 Å². The first-order valence-corrected chi connectivity index (χ1v) is 14.6. The standard InChI is InChI=1S/C34H36F4O6/c1-18-12-22(42-11-10-33(3,4)40)13-19(2)30(18)25-16-26(34(36,37)38)32(35)31-24(25)8-9-27(31)44-21-6-7-23-20(14-29(39)41-5)17-43-28(23)15-21/h6-7,12-13,15-16,20,27,40H,8-11,14,17H2,1-5H3/t20-,27?/m1/s1. The number of halogens is 4. The molecule has 1 heterocycles. The number of hydrogen-bond donors (Lipinski definition) is 1. The first-order valence-electron chi connectivity index (χ1n) is 14.6. The predicted molar refractivity (Wildman–Crippen MR) is 156 cm³/mol. The number of carbonyl (C=O) groups is 1. The van der Waals surface area contributed by atoms with E-state index in [1.807, 2.05) is 0 Å². The number of hydrogen-bond acceptors (Lipinski definition) is 6. The minimum atomic E-state index is -4.92. The number of aliphatic hydroxyl groups is 1. The first-order chi connectivity index (χ1) is 20.7. The van der Waals surface area contributed by atoms with Crippen LogP contribution in [0, 0.1) is 19.7 Å². The van der Waals surface area contributed by atoms with Crippen molar-refractivity contribution >= 4 is 5.97 Å². The Bertz CT molecular complexity index is 1550. The summed E-state index contributed by atoms with van der Waals surface area (Å²) in [7, 11) is 1.32. The Morgan fingerprint density at radius 2 is 1.77 bits per heavy atom. The van der Waals surface area contributed by atoms with E-state index in [-0.39, 0.29) is 37.1 Å². The smallest absolute Gasteiger partial charge is 0.419 e. The number of ether oxygens (including phenoxy) is 4. The number of rotatable bonds is 9. The molecule has 1 aliphatic carbocycles. The maximum atomic E-state index is 15.7. The molecule has 0 saturated heterocycles. The Hall–Kier alpha value is -3.79. The van der Waals surface area contributed by atoms with E-state index < -0.39 is 29.3 Å². The van der Waals surface area contributed by atoms with E-state index in [0.29, 0.717) is 64.3 Å². The molecule has 0 saturated carbocycles. The quantitative estimate of drug-likeness (QED) is 0.196. The molecule has 10 heteroatoms. The lowest BCUT2D eigenvalue weighted by atomic mass is 9.88. The van der Waals surface area contributed by atoms with Crippen molar-refractivity contribution in [2.75, 3.05) is 20.3 Å². The fourth-order valence-electron chi connectivity index (χ4n) is 6.09. The Kier molecular flexibility index (Phi) is 8.59. The number of carbonyl (C=O) groups excluding carboxylic acids is 1. The van der Waals surface area contributed by atoms with E-state index in [1.165, 1.54) is 7.11 Å². The van der Waals surface area contributed by atoms with Gasteiger partial charge in [0.05, 0.1) is 37.9 Å². The predicted octanol–water partition coefficient (Wildman–Crippen LogP) is 7.77. The van der Waals surface area contributed by atoms with Crippen molar-refractivity contribution in [2.24, 2.45) is 0 Å². The van der Waals surface area contributed by atoms with Crippen molar-refractivity contribution < 1.29 is 46.4 Å². The summed E-state index contributed by atoms with van der Waals surface area (Å²) >= 11 is 0. The Labute approximate surface area is 253 Å². The number of aryl methyl sites for hydroxylation is 2. The average Bonchev–Trinajstić information content (AvgIpc) is 3.52. The molecule has 0 aromatic heterocycles. The highest BCUT2D eigenvalue weighted by molar-refractivity contribution is 5.77. The molecule has 1 N–H and O–H groups in total. The van der Waals surface area contributed by atoms with Gasteiger partial charge in [-0.3, -0.25) is 4.79 Å². The van der Waals surface area contributed by atoms with Crippen LogP contribution in [0.3, 0.4) is 0 Å². The molecule has 44 heavy (non-hydrogen) atoms. The second-order valence-corrected chi connectivity index (χ2v) is 12.2. The number of fused-ring (bicyclic) bond motifs is 2. The molecular formula is C34H36F4O6. The van der Waals surface area contributed by atoms with Crippen molar-refractivity contribution in [1.82, 2.24) is 0 Å². The molecule has 0 amide bonds. The third-order valence-electron chi connectivity index (χ3n) is 8.24. The number of esters is 1. The average molecular weight is 617 g/mol. The van der Waals surface area contributed by atoms with Gasteiger partial charge in [-0.05, 0) is 92.6 Å². The highest BCUT2D eigenvalue weighted by Gasteiger charge is 2.41. The number of methoxy groups -OCH3 is 1. The zero-order valence-corrected chi connectivity index (χ0v) is 25.4. The van der Waals surface area contributed by atoms with Gasteiger partial charge in [0.2, 0.25) is 0 Å². The van der Waals surface area contributed by atoms with Gasteiger partial charge in [-0.1, -0.05) is 6.07 Å². The van der Waals surface area contributed by atoms with Crippen molar-refractivity contribution in [3.63, 3.8) is 0 Å². The summed E-state index contributed by atoms with van der Waals surface area (Å²) in [6.45, 7) is 7.49. The van der Waals surface area contributed by atoms with Crippen LogP contribution in [0.2, 0.25) is 0 Å². The molecule has 0 fully saturated rings. The van der Waals surface area contributed by atoms with Gasteiger partial charge in [-0.25, -0.2) is 4.39 Å². The van der Waals surface area contributed by atoms with Gasteiger partial charge in [0.25, 0.3) is 0 Å². The summed E-state index contributed by atoms with van der Waals surface area (Å²) in [6, 6.07) is 9.45. The molecular weight excluding hydrogens is 580 g/mol. The minimum Gasteiger partial charge on any atom is -0.493 e. The summed E-state index contributed by atoms with van der Waals surface area (Å²) in [5.74, 6) is -0.486. The second kappa shape index (κ2) is 12.0. The molecule has 3 aromatic carbocycles. The van der Waals surface area contributed by atoms with E-state index in [9.17, 15) is 23.1 Å². The fourth-order valence-corrected chi connectivity index (χ4v) is 6.09. The van der Waals surface area contributed by atoms with Gasteiger partial charge in [0, 0.05) is 29.5 Å². The van der Waals surface area contributed by atoms with Gasteiger partial charge in [-0.15, -0.1) is 0 Å². The van der Waals surface area contributed by atoms with Crippen LogP contribution in [0.15, 0.2) is 36.4 Å². The highest BCUT2D eigenvalue weighted by Crippen LogP contribution is 2.48. The summed E-state index contributed by atoms with van der Waals surface area (Å²) < 4.78 is 80.8. The third kappa shape index (κ3) is 6.50. The van der Waals surface area contributed by atoms with Crippen LogP contribution in [-0.2, 0) is 22.1 Å². The zero-order chi connectivity index (χ0) is 32.0. The maximum Gasteiger partial charge on any atom is 0.419 e. The number of benzene rings is 3. The highest BCUT2D eigenvalue weighted by atomic mass is 19.4. The molecule has 1 unspecified atom stereocenters. The molecule has 0 spiro atoms. The van der Waals surface area contributed by atoms with Gasteiger partial charge in [0.1, 0.15) is 29.2 Å². The first kappa shape index (κ1) is 31.6. The Morgan fingerprint density at radius 1 is 1.07 bits per heavy atom. The Balaban J connectivity index is 1.49. The largest absolute Gasteiger partial charge is 0.493 e. The van der Waals surface area contributed by atoms with Gasteiger partial charge in [-0.2, -0.15) is 13.2 Å². The molecule has 0 radical (unpaired) electrons.